The molecular formula is C16H15BrClN3O2. The van der Waals surface area contributed by atoms with Crippen molar-refractivity contribution in [1.29, 1.82) is 0 Å². The SMILES string of the molecule is Nc1c([N+](=O)[O-])cc(Br)c2c1CCN(Cc1cccc(Cl)c1)C2. The predicted octanol–water partition coefficient (Wildman–Crippen LogP) is 4.15. The number of anilines is 1. The molecule has 7 heteroatoms. The summed E-state index contributed by atoms with van der Waals surface area (Å²) in [6.45, 7) is 2.28. The van der Waals surface area contributed by atoms with E-state index in [0.29, 0.717) is 13.0 Å². The van der Waals surface area contributed by atoms with Gasteiger partial charge in [0.15, 0.2) is 0 Å². The predicted molar refractivity (Wildman–Crippen MR) is 94.5 cm³/mol. The molecule has 5 nitrogen and oxygen atoms in total. The van der Waals surface area contributed by atoms with Crippen molar-refractivity contribution in [3.8, 4) is 0 Å². The summed E-state index contributed by atoms with van der Waals surface area (Å²) in [6.07, 6.45) is 0.696. The zero-order valence-electron chi connectivity index (χ0n) is 12.3. The Morgan fingerprint density at radius 2 is 2.13 bits per heavy atom. The molecule has 0 saturated carbocycles. The Morgan fingerprint density at radius 1 is 1.35 bits per heavy atom. The lowest BCUT2D eigenvalue weighted by Crippen LogP contribution is -2.31. The first-order valence-corrected chi connectivity index (χ1v) is 8.33. The van der Waals surface area contributed by atoms with Crippen LogP contribution < -0.4 is 5.73 Å². The Morgan fingerprint density at radius 3 is 2.83 bits per heavy atom. The second-order valence-corrected chi connectivity index (χ2v) is 6.89. The minimum Gasteiger partial charge on any atom is -0.393 e. The third-order valence-electron chi connectivity index (χ3n) is 4.07. The van der Waals surface area contributed by atoms with Gasteiger partial charge in [-0.15, -0.1) is 0 Å². The van der Waals surface area contributed by atoms with Crippen molar-refractivity contribution in [3.05, 3.63) is 66.6 Å². The van der Waals surface area contributed by atoms with Crippen molar-refractivity contribution >= 4 is 38.9 Å². The van der Waals surface area contributed by atoms with Gasteiger partial charge < -0.3 is 5.73 Å². The van der Waals surface area contributed by atoms with Crippen molar-refractivity contribution < 1.29 is 4.92 Å². The highest BCUT2D eigenvalue weighted by atomic mass is 79.9. The van der Waals surface area contributed by atoms with Gasteiger partial charge in [0.2, 0.25) is 0 Å². The second-order valence-electron chi connectivity index (χ2n) is 5.60. The van der Waals surface area contributed by atoms with E-state index in [1.807, 2.05) is 24.3 Å². The van der Waals surface area contributed by atoms with E-state index >= 15 is 0 Å². The van der Waals surface area contributed by atoms with Crippen LogP contribution in [-0.2, 0) is 19.5 Å². The minimum atomic E-state index is -0.432. The molecule has 0 saturated heterocycles. The molecule has 0 atom stereocenters. The van der Waals surface area contributed by atoms with E-state index in [-0.39, 0.29) is 11.4 Å². The zero-order valence-corrected chi connectivity index (χ0v) is 14.6. The van der Waals surface area contributed by atoms with Crippen LogP contribution in [0.4, 0.5) is 11.4 Å². The third kappa shape index (κ3) is 3.34. The Balaban J connectivity index is 1.86. The number of benzene rings is 2. The molecule has 1 aliphatic rings. The number of rotatable bonds is 3. The van der Waals surface area contributed by atoms with Crippen LogP contribution in [0, 0.1) is 10.1 Å². The lowest BCUT2D eigenvalue weighted by molar-refractivity contribution is -0.384. The molecule has 120 valence electrons. The van der Waals surface area contributed by atoms with Crippen LogP contribution in [0.25, 0.3) is 0 Å². The number of fused-ring (bicyclic) bond motifs is 1. The summed E-state index contributed by atoms with van der Waals surface area (Å²) in [7, 11) is 0. The standard InChI is InChI=1S/C16H15BrClN3O2/c17-14-7-15(21(22)23)16(19)12-4-5-20(9-13(12)14)8-10-2-1-3-11(18)6-10/h1-3,6-7H,4-5,8-9,19H2. The average molecular weight is 397 g/mol. The third-order valence-corrected chi connectivity index (χ3v) is 5.01. The lowest BCUT2D eigenvalue weighted by atomic mass is 9.96. The Labute approximate surface area is 147 Å². The van der Waals surface area contributed by atoms with Crippen molar-refractivity contribution in [2.45, 2.75) is 19.5 Å². The molecule has 0 unspecified atom stereocenters. The first-order chi connectivity index (χ1) is 11.0. The van der Waals surface area contributed by atoms with Crippen LogP contribution in [-0.4, -0.2) is 16.4 Å². The minimum absolute atomic E-state index is 0.0288. The van der Waals surface area contributed by atoms with Gasteiger partial charge in [0, 0.05) is 35.2 Å². The topological polar surface area (TPSA) is 72.4 Å². The maximum Gasteiger partial charge on any atom is 0.293 e. The molecule has 0 aliphatic carbocycles. The Bertz CT molecular complexity index is 782. The van der Waals surface area contributed by atoms with Crippen LogP contribution in [0.5, 0.6) is 0 Å². The van der Waals surface area contributed by atoms with E-state index < -0.39 is 4.92 Å². The van der Waals surface area contributed by atoms with Crippen LogP contribution in [0.15, 0.2) is 34.8 Å². The van der Waals surface area contributed by atoms with Gasteiger partial charge in [0.1, 0.15) is 5.69 Å². The smallest absolute Gasteiger partial charge is 0.293 e. The first-order valence-electron chi connectivity index (χ1n) is 7.16. The van der Waals surface area contributed by atoms with Crippen LogP contribution in [0.1, 0.15) is 16.7 Å². The lowest BCUT2D eigenvalue weighted by Gasteiger charge is -2.30. The number of nitro groups is 1. The highest BCUT2D eigenvalue weighted by Crippen LogP contribution is 2.37. The molecule has 2 N–H and O–H groups in total. The quantitative estimate of drug-likeness (QED) is 0.480. The maximum atomic E-state index is 11.1. The van der Waals surface area contributed by atoms with Gasteiger partial charge in [-0.2, -0.15) is 0 Å². The van der Waals surface area contributed by atoms with Crippen molar-refractivity contribution in [3.63, 3.8) is 0 Å². The average Bonchev–Trinajstić information content (AvgIpc) is 2.50. The molecule has 0 fully saturated rings. The van der Waals surface area contributed by atoms with E-state index in [1.54, 1.807) is 0 Å². The fraction of sp³-hybridized carbons (Fsp3) is 0.250. The van der Waals surface area contributed by atoms with E-state index in [1.165, 1.54) is 6.07 Å². The zero-order chi connectivity index (χ0) is 16.6. The van der Waals surface area contributed by atoms with E-state index in [0.717, 1.165) is 39.3 Å². The highest BCUT2D eigenvalue weighted by molar-refractivity contribution is 9.10. The number of nitrogens with zero attached hydrogens (tertiary/aromatic N) is 2. The van der Waals surface area contributed by atoms with Crippen LogP contribution >= 0.6 is 27.5 Å². The number of nitro benzene ring substituents is 1. The molecule has 2 aromatic rings. The summed E-state index contributed by atoms with van der Waals surface area (Å²) in [4.78, 5) is 12.9. The summed E-state index contributed by atoms with van der Waals surface area (Å²) in [5, 5.41) is 11.8. The molecule has 0 radical (unpaired) electrons. The van der Waals surface area contributed by atoms with Crippen molar-refractivity contribution in [2.75, 3.05) is 12.3 Å². The van der Waals surface area contributed by atoms with Gasteiger partial charge in [0.25, 0.3) is 5.69 Å². The van der Waals surface area contributed by atoms with E-state index in [2.05, 4.69) is 20.8 Å². The summed E-state index contributed by atoms with van der Waals surface area (Å²) >= 11 is 9.48. The highest BCUT2D eigenvalue weighted by Gasteiger charge is 2.26. The summed E-state index contributed by atoms with van der Waals surface area (Å²) in [5.74, 6) is 0. The summed E-state index contributed by atoms with van der Waals surface area (Å²) < 4.78 is 0.740. The van der Waals surface area contributed by atoms with E-state index in [4.69, 9.17) is 17.3 Å². The first kappa shape index (κ1) is 16.2. The fourth-order valence-electron chi connectivity index (χ4n) is 2.95. The molecule has 0 amide bonds. The van der Waals surface area contributed by atoms with Gasteiger partial charge in [-0.1, -0.05) is 39.7 Å². The monoisotopic (exact) mass is 395 g/mol. The summed E-state index contributed by atoms with van der Waals surface area (Å²) in [5.41, 5.74) is 9.31. The van der Waals surface area contributed by atoms with Crippen molar-refractivity contribution in [1.82, 2.24) is 4.90 Å². The van der Waals surface area contributed by atoms with E-state index in [9.17, 15) is 10.1 Å². The van der Waals surface area contributed by atoms with Crippen LogP contribution in [0.3, 0.4) is 0 Å². The number of halogens is 2. The largest absolute Gasteiger partial charge is 0.393 e. The molecule has 1 aliphatic heterocycles. The molecular weight excluding hydrogens is 382 g/mol. The van der Waals surface area contributed by atoms with Gasteiger partial charge in [-0.3, -0.25) is 15.0 Å². The number of hydrogen-bond donors (Lipinski definition) is 1. The second kappa shape index (κ2) is 6.47. The normalized spacial score (nSPS) is 14.5. The van der Waals surface area contributed by atoms with Gasteiger partial charge in [-0.25, -0.2) is 0 Å². The summed E-state index contributed by atoms with van der Waals surface area (Å²) in [6, 6.07) is 9.29. The van der Waals surface area contributed by atoms with Gasteiger partial charge in [0.05, 0.1) is 4.92 Å². The maximum absolute atomic E-state index is 11.1. The van der Waals surface area contributed by atoms with Gasteiger partial charge >= 0.3 is 0 Å². The van der Waals surface area contributed by atoms with Crippen molar-refractivity contribution in [2.24, 2.45) is 0 Å². The number of nitrogen functional groups attached to an aromatic ring is 1. The molecule has 0 aromatic heterocycles. The molecule has 0 bridgehead atoms. The Kier molecular flexibility index (Phi) is 4.57. The van der Waals surface area contributed by atoms with Gasteiger partial charge in [-0.05, 0) is 35.2 Å². The molecule has 23 heavy (non-hydrogen) atoms. The molecule has 2 aromatic carbocycles. The Hall–Kier alpha value is -1.63. The van der Waals surface area contributed by atoms with Crippen LogP contribution in [0.2, 0.25) is 5.02 Å². The number of hydrogen-bond acceptors (Lipinski definition) is 4. The molecule has 3 rings (SSSR count). The number of nitrogens with two attached hydrogens (primary N) is 1. The molecule has 0 spiro atoms. The molecule has 1 heterocycles. The fourth-order valence-corrected chi connectivity index (χ4v) is 3.75.